The molecule has 24 heavy (non-hydrogen) atoms. The number of guanidine groups is 1. The van der Waals surface area contributed by atoms with Gasteiger partial charge in [0.15, 0.2) is 0 Å². The molecule has 0 saturated carbocycles. The van der Waals surface area contributed by atoms with Crippen molar-refractivity contribution in [1.82, 2.24) is 0 Å². The molecule has 5 nitrogen and oxygen atoms in total. The third-order valence-corrected chi connectivity index (χ3v) is 3.83. The van der Waals surface area contributed by atoms with Crippen LogP contribution in [0, 0.1) is 12.3 Å². The van der Waals surface area contributed by atoms with Crippen molar-refractivity contribution in [2.75, 3.05) is 19.0 Å². The Labute approximate surface area is 143 Å². The highest BCUT2D eigenvalue weighted by Gasteiger charge is 2.20. The lowest BCUT2D eigenvalue weighted by Crippen LogP contribution is -2.41. The lowest BCUT2D eigenvalue weighted by Gasteiger charge is -2.26. The molecule has 2 rings (SSSR count). The van der Waals surface area contributed by atoms with Crippen LogP contribution in [0.15, 0.2) is 58.5 Å². The van der Waals surface area contributed by atoms with Gasteiger partial charge in [0.1, 0.15) is 5.84 Å². The second kappa shape index (κ2) is 7.55. The molecule has 2 aromatic carbocycles. The van der Waals surface area contributed by atoms with Gasteiger partial charge in [-0.05, 0) is 26.0 Å². The van der Waals surface area contributed by atoms with E-state index in [2.05, 4.69) is 9.98 Å². The average molecular weight is 321 g/mol. The van der Waals surface area contributed by atoms with E-state index in [1.165, 1.54) is 0 Å². The van der Waals surface area contributed by atoms with Crippen molar-refractivity contribution in [2.45, 2.75) is 13.8 Å². The Hall–Kier alpha value is -2.95. The highest BCUT2D eigenvalue weighted by atomic mass is 15.3. The van der Waals surface area contributed by atoms with Crippen molar-refractivity contribution >= 4 is 23.2 Å². The molecule has 0 atom stereocenters. The quantitative estimate of drug-likeness (QED) is 0.672. The third-order valence-electron chi connectivity index (χ3n) is 3.83. The molecule has 0 heterocycles. The van der Waals surface area contributed by atoms with E-state index in [-0.39, 0.29) is 0 Å². The van der Waals surface area contributed by atoms with Gasteiger partial charge in [0.2, 0.25) is 5.96 Å². The van der Waals surface area contributed by atoms with Gasteiger partial charge in [-0.2, -0.15) is 0 Å². The topological polar surface area (TPSA) is 77.8 Å². The number of nitrogens with two attached hydrogens (primary N) is 1. The number of hydrogen-bond donors (Lipinski definition) is 2. The molecule has 0 aromatic heterocycles. The highest BCUT2D eigenvalue weighted by Crippen LogP contribution is 2.25. The predicted octanol–water partition coefficient (Wildman–Crippen LogP) is 3.21. The van der Waals surface area contributed by atoms with Crippen LogP contribution in [0.2, 0.25) is 0 Å². The maximum absolute atomic E-state index is 8.65. The largest absolute Gasteiger partial charge is 0.369 e. The summed E-state index contributed by atoms with van der Waals surface area (Å²) in [6.07, 6.45) is 0. The van der Waals surface area contributed by atoms with Crippen LogP contribution in [0.3, 0.4) is 0 Å². The van der Waals surface area contributed by atoms with E-state index < -0.39 is 0 Å². The number of rotatable bonds is 3. The van der Waals surface area contributed by atoms with Crippen LogP contribution < -0.4 is 10.6 Å². The first-order valence-corrected chi connectivity index (χ1v) is 7.70. The first kappa shape index (κ1) is 17.4. The lowest BCUT2D eigenvalue weighted by atomic mass is 9.98. The summed E-state index contributed by atoms with van der Waals surface area (Å²) in [6, 6.07) is 15.6. The fourth-order valence-electron chi connectivity index (χ4n) is 2.47. The Kier molecular flexibility index (Phi) is 5.47. The molecular weight excluding hydrogens is 298 g/mol. The standard InChI is InChI=1S/C19H23N5/c1-13-10-11-17(24(14(2)22-3)19(21)23-4)16(12-13)18(20)15-8-6-5-7-9-15/h5-12,20H,1-4H3,(H2,21,23). The van der Waals surface area contributed by atoms with Crippen LogP contribution in [0.4, 0.5) is 5.69 Å². The van der Waals surface area contributed by atoms with E-state index >= 15 is 0 Å². The maximum Gasteiger partial charge on any atom is 0.201 e. The van der Waals surface area contributed by atoms with Crippen LogP contribution in [0.25, 0.3) is 0 Å². The predicted molar refractivity (Wildman–Crippen MR) is 103 cm³/mol. The first-order chi connectivity index (χ1) is 11.5. The minimum atomic E-state index is 0.337. The van der Waals surface area contributed by atoms with Crippen LogP contribution in [0.5, 0.6) is 0 Å². The molecule has 3 N–H and O–H groups in total. The molecule has 0 aliphatic heterocycles. The van der Waals surface area contributed by atoms with Gasteiger partial charge in [-0.25, -0.2) is 0 Å². The van der Waals surface area contributed by atoms with E-state index in [1.807, 2.05) is 62.4 Å². The molecule has 0 saturated heterocycles. The molecular formula is C19H23N5. The summed E-state index contributed by atoms with van der Waals surface area (Å²) in [4.78, 5) is 10.1. The molecule has 2 aromatic rings. The summed E-state index contributed by atoms with van der Waals surface area (Å²) in [5, 5.41) is 8.65. The number of anilines is 1. The van der Waals surface area contributed by atoms with Crippen LogP contribution in [-0.2, 0) is 0 Å². The molecule has 0 amide bonds. The minimum absolute atomic E-state index is 0.337. The van der Waals surface area contributed by atoms with Crippen molar-refractivity contribution < 1.29 is 0 Å². The number of nitrogens with one attached hydrogen (secondary N) is 1. The number of amidine groups is 1. The number of benzene rings is 2. The molecule has 0 aliphatic rings. The van der Waals surface area contributed by atoms with Gasteiger partial charge in [0, 0.05) is 25.2 Å². The first-order valence-electron chi connectivity index (χ1n) is 7.70. The summed E-state index contributed by atoms with van der Waals surface area (Å²) in [5.74, 6) is 1.05. The van der Waals surface area contributed by atoms with Crippen LogP contribution in [-0.4, -0.2) is 31.6 Å². The fraction of sp³-hybridized carbons (Fsp3) is 0.211. The smallest absolute Gasteiger partial charge is 0.201 e. The summed E-state index contributed by atoms with van der Waals surface area (Å²) < 4.78 is 0. The van der Waals surface area contributed by atoms with Crippen molar-refractivity contribution in [3.05, 3.63) is 65.2 Å². The molecule has 0 unspecified atom stereocenters. The fourth-order valence-corrected chi connectivity index (χ4v) is 2.47. The van der Waals surface area contributed by atoms with E-state index in [1.54, 1.807) is 19.0 Å². The number of aliphatic imine (C=N–C) groups is 2. The Morgan fingerprint density at radius 3 is 2.29 bits per heavy atom. The lowest BCUT2D eigenvalue weighted by molar-refractivity contribution is 1.24. The van der Waals surface area contributed by atoms with Gasteiger partial charge in [0.05, 0.1) is 11.4 Å². The molecule has 124 valence electrons. The second-order valence-corrected chi connectivity index (χ2v) is 5.45. The Morgan fingerprint density at radius 2 is 1.71 bits per heavy atom. The number of hydrogen-bond acceptors (Lipinski definition) is 3. The zero-order chi connectivity index (χ0) is 17.7. The van der Waals surface area contributed by atoms with Gasteiger partial charge in [-0.3, -0.25) is 20.3 Å². The summed E-state index contributed by atoms with van der Waals surface area (Å²) in [5.41, 5.74) is 10.0. The SMILES string of the molecule is CN=C(C)N(C(N)=NC)c1ccc(C)cc1C(=N)c1ccccc1. The van der Waals surface area contributed by atoms with Crippen molar-refractivity contribution in [2.24, 2.45) is 15.7 Å². The second-order valence-electron chi connectivity index (χ2n) is 5.45. The molecule has 0 radical (unpaired) electrons. The van der Waals surface area contributed by atoms with E-state index in [4.69, 9.17) is 11.1 Å². The van der Waals surface area contributed by atoms with E-state index in [9.17, 15) is 0 Å². The monoisotopic (exact) mass is 321 g/mol. The summed E-state index contributed by atoms with van der Waals surface area (Å²) >= 11 is 0. The van der Waals surface area contributed by atoms with E-state index in [0.29, 0.717) is 17.5 Å². The van der Waals surface area contributed by atoms with Crippen LogP contribution in [0.1, 0.15) is 23.6 Å². The highest BCUT2D eigenvalue weighted by molar-refractivity contribution is 6.22. The minimum Gasteiger partial charge on any atom is -0.369 e. The van der Waals surface area contributed by atoms with Crippen LogP contribution >= 0.6 is 0 Å². The number of nitrogens with zero attached hydrogens (tertiary/aromatic N) is 3. The Morgan fingerprint density at radius 1 is 1.04 bits per heavy atom. The Bertz CT molecular complexity index is 773. The van der Waals surface area contributed by atoms with Crippen molar-refractivity contribution in [1.29, 1.82) is 5.41 Å². The van der Waals surface area contributed by atoms with E-state index in [0.717, 1.165) is 22.4 Å². The molecule has 5 heteroatoms. The molecule has 0 bridgehead atoms. The third kappa shape index (κ3) is 3.51. The molecule has 0 spiro atoms. The summed E-state index contributed by atoms with van der Waals surface area (Å²) in [7, 11) is 3.35. The molecule has 0 fully saturated rings. The Balaban J connectivity index is 2.65. The van der Waals surface area contributed by atoms with Gasteiger partial charge >= 0.3 is 0 Å². The maximum atomic E-state index is 8.65. The van der Waals surface area contributed by atoms with Gasteiger partial charge < -0.3 is 5.73 Å². The zero-order valence-corrected chi connectivity index (χ0v) is 14.5. The van der Waals surface area contributed by atoms with Crippen molar-refractivity contribution in [3.63, 3.8) is 0 Å². The normalized spacial score (nSPS) is 12.2. The van der Waals surface area contributed by atoms with Crippen molar-refractivity contribution in [3.8, 4) is 0 Å². The number of aryl methyl sites for hydroxylation is 1. The zero-order valence-electron chi connectivity index (χ0n) is 14.5. The van der Waals surface area contributed by atoms with Gasteiger partial charge in [-0.15, -0.1) is 0 Å². The van der Waals surface area contributed by atoms with Gasteiger partial charge in [-0.1, -0.05) is 42.0 Å². The molecule has 0 aliphatic carbocycles. The summed E-state index contributed by atoms with van der Waals surface area (Å²) in [6.45, 7) is 3.88. The van der Waals surface area contributed by atoms with Gasteiger partial charge in [0.25, 0.3) is 0 Å². The average Bonchev–Trinajstić information content (AvgIpc) is 2.62.